The van der Waals surface area contributed by atoms with Gasteiger partial charge in [0.1, 0.15) is 0 Å². The first-order chi connectivity index (χ1) is 17.2. The van der Waals surface area contributed by atoms with Crippen LogP contribution in [0.5, 0.6) is 0 Å². The van der Waals surface area contributed by atoms with Crippen LogP contribution in [0.25, 0.3) is 33.0 Å². The van der Waals surface area contributed by atoms with E-state index in [0.717, 1.165) is 0 Å². The predicted molar refractivity (Wildman–Crippen MR) is 162 cm³/mol. The molecule has 2 unspecified atom stereocenters. The molecular weight excluding hydrogens is 568 g/mol. The molecule has 182 valence electrons. The minimum absolute atomic E-state index is 0.540. The summed E-state index contributed by atoms with van der Waals surface area (Å²) in [6.07, 6.45) is 5.12. The summed E-state index contributed by atoms with van der Waals surface area (Å²) >= 11 is 0.186. The fourth-order valence-corrected chi connectivity index (χ4v) is 29.4. The van der Waals surface area contributed by atoms with Crippen molar-refractivity contribution in [2.45, 2.75) is 37.3 Å². The van der Waals surface area contributed by atoms with Gasteiger partial charge in [0.2, 0.25) is 0 Å². The van der Waals surface area contributed by atoms with Gasteiger partial charge in [-0.2, -0.15) is 0 Å². The molecule has 2 aliphatic rings. The molecule has 6 rings (SSSR count). The molecule has 0 radical (unpaired) electrons. The molecule has 0 bridgehead atoms. The van der Waals surface area contributed by atoms with E-state index in [1.807, 2.05) is 22.7 Å². The summed E-state index contributed by atoms with van der Waals surface area (Å²) in [6, 6.07) is 23.1. The van der Waals surface area contributed by atoms with E-state index in [2.05, 4.69) is 120 Å². The Morgan fingerprint density at radius 3 is 1.75 bits per heavy atom. The Morgan fingerprint density at radius 1 is 0.722 bits per heavy atom. The van der Waals surface area contributed by atoms with Gasteiger partial charge in [-0.15, -0.1) is 0 Å². The van der Waals surface area contributed by atoms with Crippen molar-refractivity contribution >= 4 is 41.7 Å². The average Bonchev–Trinajstić information content (AvgIpc) is 3.63. The van der Waals surface area contributed by atoms with Crippen LogP contribution in [0.15, 0.2) is 82.6 Å². The SMILES string of the molecule is CC1=Cc2c(-c3cccs3)cccc2[CH]1[Zr]([CH3])([CH3])(=[SiH2])[CH]1C(C(C)C)=Cc2c(-c3cccs3)cccc21. The van der Waals surface area contributed by atoms with Crippen LogP contribution in [0.2, 0.25) is 9.26 Å². The average molecular weight is 602 g/mol. The molecule has 0 nitrogen and oxygen atoms in total. The Labute approximate surface area is 226 Å². The molecule has 0 fully saturated rings. The first-order valence-corrected chi connectivity index (χ1v) is 28.4. The number of fused-ring (bicyclic) bond motifs is 2. The van der Waals surface area contributed by atoms with Crippen molar-refractivity contribution in [3.63, 3.8) is 0 Å². The van der Waals surface area contributed by atoms with Crippen molar-refractivity contribution < 1.29 is 17.4 Å². The van der Waals surface area contributed by atoms with Crippen LogP contribution in [0.4, 0.5) is 0 Å². The van der Waals surface area contributed by atoms with E-state index in [1.54, 1.807) is 22.3 Å². The Bertz CT molecular complexity index is 1590. The van der Waals surface area contributed by atoms with Crippen LogP contribution in [0, 0.1) is 5.92 Å². The van der Waals surface area contributed by atoms with Gasteiger partial charge >= 0.3 is 228 Å². The summed E-state index contributed by atoms with van der Waals surface area (Å²) in [6.45, 7) is 9.67. The van der Waals surface area contributed by atoms with E-state index in [1.165, 1.54) is 32.0 Å². The summed E-state index contributed by atoms with van der Waals surface area (Å²) < 4.78 is 6.62. The second-order valence-corrected chi connectivity index (χ2v) is 44.4. The first kappa shape index (κ1) is 24.7. The molecule has 2 atom stereocenters. The molecule has 0 N–H and O–H groups in total. The second kappa shape index (κ2) is 8.73. The van der Waals surface area contributed by atoms with Gasteiger partial charge in [0, 0.05) is 0 Å². The molecule has 36 heavy (non-hydrogen) atoms. The Balaban J connectivity index is 1.55. The number of rotatable bonds is 5. The van der Waals surface area contributed by atoms with Crippen molar-refractivity contribution in [1.29, 1.82) is 0 Å². The number of allylic oxidation sites excluding steroid dienone is 2. The van der Waals surface area contributed by atoms with Crippen LogP contribution >= 0.6 is 22.7 Å². The van der Waals surface area contributed by atoms with Gasteiger partial charge in [0.05, 0.1) is 0 Å². The molecule has 0 amide bonds. The standard InChI is InChI=1S/C16H15S.C14H11S.2CH3.H2Si.Zr/c1-11(2)13-9-12-5-3-6-14(15(12)10-13)16-7-4-8-17-16;1-10-8-11-4-2-5-12(13(11)9-10)14-6-3-7-15-14;;;;/h3-11H,1-2H3;2-9H,1H3;2*1H3;1H2;. The van der Waals surface area contributed by atoms with Crippen molar-refractivity contribution in [3.8, 4) is 20.9 Å². The zero-order valence-electron chi connectivity index (χ0n) is 21.8. The Morgan fingerprint density at radius 2 is 1.25 bits per heavy atom. The second-order valence-electron chi connectivity index (χ2n) is 12.1. The minimum atomic E-state index is -3.52. The zero-order valence-corrected chi connectivity index (χ0v) is 27.3. The predicted octanol–water partition coefficient (Wildman–Crippen LogP) is 9.73. The third-order valence-corrected chi connectivity index (χ3v) is 27.9. The van der Waals surface area contributed by atoms with Crippen LogP contribution in [0.1, 0.15) is 50.3 Å². The Hall–Kier alpha value is -1.58. The maximum atomic E-state index is 2.75. The summed E-state index contributed by atoms with van der Waals surface area (Å²) in [5, 5.41) is 4.40. The van der Waals surface area contributed by atoms with E-state index in [-0.39, 0.29) is 0 Å². The molecular formula is C32H34S2SiZr. The fraction of sp³-hybridized carbons (Fsp3) is 0.250. The summed E-state index contributed by atoms with van der Waals surface area (Å²) in [5.74, 6) is 0.540. The van der Waals surface area contributed by atoms with Gasteiger partial charge < -0.3 is 0 Å². The van der Waals surface area contributed by atoms with Crippen LogP contribution in [-0.4, -0.2) is 6.88 Å². The molecule has 0 saturated heterocycles. The van der Waals surface area contributed by atoms with Crippen molar-refractivity contribution in [2.24, 2.45) is 5.92 Å². The molecule has 0 aliphatic heterocycles. The van der Waals surface area contributed by atoms with E-state index >= 15 is 0 Å². The van der Waals surface area contributed by atoms with Gasteiger partial charge in [0.15, 0.2) is 0 Å². The molecule has 2 aromatic heterocycles. The van der Waals surface area contributed by atoms with Crippen LogP contribution in [-0.2, 0) is 17.4 Å². The Kier molecular flexibility index (Phi) is 6.00. The molecule has 2 aliphatic carbocycles. The van der Waals surface area contributed by atoms with E-state index in [0.29, 0.717) is 13.2 Å². The topological polar surface area (TPSA) is 0 Å². The summed E-state index contributed by atoms with van der Waals surface area (Å²) in [5.41, 5.74) is 12.2. The first-order valence-electron chi connectivity index (χ1n) is 13.0. The quantitative estimate of drug-likeness (QED) is 0.200. The van der Waals surface area contributed by atoms with Gasteiger partial charge in [-0.3, -0.25) is 0 Å². The zero-order chi connectivity index (χ0) is 25.3. The van der Waals surface area contributed by atoms with Crippen molar-refractivity contribution in [1.82, 2.24) is 0 Å². The summed E-state index contributed by atoms with van der Waals surface area (Å²) in [4.78, 5) is 2.77. The van der Waals surface area contributed by atoms with E-state index < -0.39 is 17.4 Å². The van der Waals surface area contributed by atoms with Gasteiger partial charge in [-0.05, 0) is 0 Å². The number of thiophene rings is 2. The maximum absolute atomic E-state index is 3.52. The molecule has 0 spiro atoms. The van der Waals surface area contributed by atoms with Gasteiger partial charge in [0.25, 0.3) is 0 Å². The summed E-state index contributed by atoms with van der Waals surface area (Å²) in [7, 11) is 0. The third-order valence-electron chi connectivity index (χ3n) is 8.51. The van der Waals surface area contributed by atoms with Gasteiger partial charge in [-0.25, -0.2) is 0 Å². The van der Waals surface area contributed by atoms with Crippen LogP contribution in [0.3, 0.4) is 0 Å². The van der Waals surface area contributed by atoms with E-state index in [4.69, 9.17) is 0 Å². The fourth-order valence-electron chi connectivity index (χ4n) is 7.25. The number of hydrogen-bond acceptors (Lipinski definition) is 2. The van der Waals surface area contributed by atoms with Crippen molar-refractivity contribution in [2.75, 3.05) is 0 Å². The number of hydrogen-bond donors (Lipinski definition) is 0. The molecule has 4 aromatic rings. The normalized spacial score (nSPS) is 19.3. The number of benzene rings is 2. The molecule has 2 aromatic carbocycles. The monoisotopic (exact) mass is 600 g/mol. The van der Waals surface area contributed by atoms with Gasteiger partial charge in [-0.1, -0.05) is 0 Å². The molecule has 2 heterocycles. The molecule has 4 heteroatoms. The van der Waals surface area contributed by atoms with Crippen molar-refractivity contribution in [3.05, 3.63) is 105 Å². The molecule has 0 saturated carbocycles. The third kappa shape index (κ3) is 3.75. The van der Waals surface area contributed by atoms with E-state index in [9.17, 15) is 0 Å². The van der Waals surface area contributed by atoms with Crippen LogP contribution < -0.4 is 0 Å².